The Morgan fingerprint density at radius 3 is 2.31 bits per heavy atom. The molecule has 5 nitrogen and oxygen atoms in total. The molecule has 0 aromatic heterocycles. The van der Waals surface area contributed by atoms with Crippen LogP contribution in [0, 0.1) is 6.92 Å². The minimum absolute atomic E-state index is 0.0505. The van der Waals surface area contributed by atoms with Crippen molar-refractivity contribution in [2.45, 2.75) is 24.3 Å². The molecule has 0 unspecified atom stereocenters. The first kappa shape index (κ1) is 19.8. The van der Waals surface area contributed by atoms with E-state index >= 15 is 0 Å². The smallest absolute Gasteiger partial charge is 0.384 e. The summed E-state index contributed by atoms with van der Waals surface area (Å²) in [6, 6.07) is 9.51. The maximum atomic E-state index is 12.8. The van der Waals surface area contributed by atoms with Gasteiger partial charge in [0, 0.05) is 12.1 Å². The number of hydrogen-bond donors (Lipinski definition) is 2. The van der Waals surface area contributed by atoms with Gasteiger partial charge in [-0.3, -0.25) is 4.79 Å². The zero-order chi connectivity index (χ0) is 19.5. The zero-order valence-electron chi connectivity index (χ0n) is 14.0. The second-order valence-electron chi connectivity index (χ2n) is 5.46. The largest absolute Gasteiger partial charge is 0.501 e. The van der Waals surface area contributed by atoms with Crippen molar-refractivity contribution >= 4 is 27.1 Å². The summed E-state index contributed by atoms with van der Waals surface area (Å²) in [6.07, 6.45) is 0. The van der Waals surface area contributed by atoms with Crippen molar-refractivity contribution in [2.75, 3.05) is 17.2 Å². The molecule has 1 amide bonds. The van der Waals surface area contributed by atoms with E-state index in [0.29, 0.717) is 23.4 Å². The van der Waals surface area contributed by atoms with Crippen molar-refractivity contribution in [3.05, 3.63) is 53.6 Å². The van der Waals surface area contributed by atoms with E-state index in [1.807, 2.05) is 0 Å². The van der Waals surface area contributed by atoms with Crippen molar-refractivity contribution in [2.24, 2.45) is 0 Å². The van der Waals surface area contributed by atoms with E-state index in [4.69, 9.17) is 0 Å². The van der Waals surface area contributed by atoms with Crippen molar-refractivity contribution < 1.29 is 26.4 Å². The van der Waals surface area contributed by atoms with Gasteiger partial charge in [0.1, 0.15) is 0 Å². The molecule has 2 N–H and O–H groups in total. The minimum atomic E-state index is -5.52. The van der Waals surface area contributed by atoms with Gasteiger partial charge in [-0.15, -0.1) is 0 Å². The van der Waals surface area contributed by atoms with Gasteiger partial charge in [-0.25, -0.2) is 8.42 Å². The van der Waals surface area contributed by atoms with E-state index in [-0.39, 0.29) is 5.69 Å². The maximum absolute atomic E-state index is 12.8. The fourth-order valence-electron chi connectivity index (χ4n) is 2.29. The predicted octanol–water partition coefficient (Wildman–Crippen LogP) is 3.97. The molecule has 0 atom stereocenters. The van der Waals surface area contributed by atoms with Crippen LogP contribution >= 0.6 is 0 Å². The van der Waals surface area contributed by atoms with Crippen LogP contribution < -0.4 is 10.6 Å². The molecule has 2 rings (SSSR count). The number of alkyl halides is 3. The fraction of sp³-hybridized carbons (Fsp3) is 0.235. The Morgan fingerprint density at radius 1 is 1.08 bits per heavy atom. The molecule has 0 spiro atoms. The normalized spacial score (nSPS) is 11.9. The van der Waals surface area contributed by atoms with E-state index in [0.717, 1.165) is 12.1 Å². The molecule has 0 bridgehead atoms. The average molecular weight is 386 g/mol. The van der Waals surface area contributed by atoms with E-state index in [1.54, 1.807) is 38.1 Å². The molecule has 26 heavy (non-hydrogen) atoms. The number of hydrogen-bond acceptors (Lipinski definition) is 4. The molecular weight excluding hydrogens is 369 g/mol. The fourth-order valence-corrected chi connectivity index (χ4v) is 3.08. The van der Waals surface area contributed by atoms with E-state index in [1.165, 1.54) is 6.07 Å². The number of amides is 1. The van der Waals surface area contributed by atoms with Crippen LogP contribution in [0.2, 0.25) is 0 Å². The summed E-state index contributed by atoms with van der Waals surface area (Å²) in [6.45, 7) is 3.90. The van der Waals surface area contributed by atoms with Crippen LogP contribution in [0.15, 0.2) is 47.4 Å². The summed E-state index contributed by atoms with van der Waals surface area (Å²) in [5.74, 6) is -0.552. The number of aryl methyl sites for hydroxylation is 1. The molecule has 0 aliphatic rings. The first-order chi connectivity index (χ1) is 12.1. The van der Waals surface area contributed by atoms with Crippen molar-refractivity contribution in [3.8, 4) is 0 Å². The molecule has 2 aromatic rings. The SMILES string of the molecule is CCNc1ccc(S(=O)(=O)C(F)(F)F)cc1NC(=O)c1ccccc1C. The highest BCUT2D eigenvalue weighted by molar-refractivity contribution is 7.92. The Morgan fingerprint density at radius 2 is 1.73 bits per heavy atom. The molecular formula is C17H17F3N2O3S. The highest BCUT2D eigenvalue weighted by atomic mass is 32.2. The van der Waals surface area contributed by atoms with Gasteiger partial charge in [-0.1, -0.05) is 18.2 Å². The van der Waals surface area contributed by atoms with Gasteiger partial charge in [0.15, 0.2) is 0 Å². The molecule has 0 radical (unpaired) electrons. The monoisotopic (exact) mass is 386 g/mol. The lowest BCUT2D eigenvalue weighted by Crippen LogP contribution is -2.23. The van der Waals surface area contributed by atoms with Crippen LogP contribution in [0.4, 0.5) is 24.5 Å². The van der Waals surface area contributed by atoms with Gasteiger partial charge in [0.05, 0.1) is 16.3 Å². The summed E-state index contributed by atoms with van der Waals surface area (Å²) in [5, 5.41) is 5.36. The third kappa shape index (κ3) is 3.98. The van der Waals surface area contributed by atoms with E-state index < -0.39 is 26.1 Å². The van der Waals surface area contributed by atoms with Gasteiger partial charge in [0.2, 0.25) is 0 Å². The summed E-state index contributed by atoms with van der Waals surface area (Å²) < 4.78 is 61.6. The standard InChI is InChI=1S/C17H17F3N2O3S/c1-3-21-14-9-8-12(26(24,25)17(18,19)20)10-15(14)22-16(23)13-7-5-4-6-11(13)2/h4-10,21H,3H2,1-2H3,(H,22,23). The Labute approximate surface area is 149 Å². The van der Waals surface area contributed by atoms with Crippen LogP contribution in [-0.4, -0.2) is 26.4 Å². The second-order valence-corrected chi connectivity index (χ2v) is 7.40. The Balaban J connectivity index is 2.47. The van der Waals surface area contributed by atoms with E-state index in [2.05, 4.69) is 10.6 Å². The second kappa shape index (κ2) is 7.36. The third-order valence-corrected chi connectivity index (χ3v) is 5.10. The maximum Gasteiger partial charge on any atom is 0.501 e. The molecule has 0 saturated carbocycles. The Kier molecular flexibility index (Phi) is 5.60. The molecule has 0 heterocycles. The lowest BCUT2D eigenvalue weighted by molar-refractivity contribution is -0.0436. The summed E-state index contributed by atoms with van der Waals surface area (Å²) in [4.78, 5) is 11.5. The Hall–Kier alpha value is -2.55. The predicted molar refractivity (Wildman–Crippen MR) is 93.0 cm³/mol. The lowest BCUT2D eigenvalue weighted by atomic mass is 10.1. The van der Waals surface area contributed by atoms with Crippen molar-refractivity contribution in [1.29, 1.82) is 0 Å². The van der Waals surface area contributed by atoms with Crippen molar-refractivity contribution in [1.82, 2.24) is 0 Å². The van der Waals surface area contributed by atoms with Gasteiger partial charge in [-0.2, -0.15) is 13.2 Å². The number of nitrogens with one attached hydrogen (secondary N) is 2. The number of carbonyl (C=O) groups is 1. The van der Waals surface area contributed by atoms with Crippen LogP contribution in [0.3, 0.4) is 0 Å². The first-order valence-electron chi connectivity index (χ1n) is 7.64. The van der Waals surface area contributed by atoms with Crippen molar-refractivity contribution in [3.63, 3.8) is 0 Å². The third-order valence-electron chi connectivity index (χ3n) is 3.61. The highest BCUT2D eigenvalue weighted by Crippen LogP contribution is 2.34. The first-order valence-corrected chi connectivity index (χ1v) is 9.12. The molecule has 0 aliphatic heterocycles. The Bertz CT molecular complexity index is 925. The summed E-state index contributed by atoms with van der Waals surface area (Å²) in [7, 11) is -5.52. The van der Waals surface area contributed by atoms with Gasteiger partial charge in [-0.05, 0) is 43.7 Å². The number of halogens is 3. The number of rotatable bonds is 5. The molecule has 0 aliphatic carbocycles. The summed E-state index contributed by atoms with van der Waals surface area (Å²) in [5.41, 5.74) is -4.15. The van der Waals surface area contributed by atoms with Gasteiger partial charge in [0.25, 0.3) is 15.7 Å². The zero-order valence-corrected chi connectivity index (χ0v) is 14.8. The van der Waals surface area contributed by atoms with E-state index in [9.17, 15) is 26.4 Å². The molecule has 2 aromatic carbocycles. The van der Waals surface area contributed by atoms with Crippen LogP contribution in [0.1, 0.15) is 22.8 Å². The summed E-state index contributed by atoms with van der Waals surface area (Å²) >= 11 is 0. The number of benzene rings is 2. The molecule has 140 valence electrons. The lowest BCUT2D eigenvalue weighted by Gasteiger charge is -2.15. The van der Waals surface area contributed by atoms with Crippen LogP contribution in [0.5, 0.6) is 0 Å². The van der Waals surface area contributed by atoms with Crippen LogP contribution in [0.25, 0.3) is 0 Å². The quantitative estimate of drug-likeness (QED) is 0.815. The van der Waals surface area contributed by atoms with Gasteiger partial charge < -0.3 is 10.6 Å². The van der Waals surface area contributed by atoms with Gasteiger partial charge >= 0.3 is 5.51 Å². The number of anilines is 2. The molecule has 9 heteroatoms. The number of carbonyl (C=O) groups excluding carboxylic acids is 1. The van der Waals surface area contributed by atoms with Crippen LogP contribution in [-0.2, 0) is 9.84 Å². The topological polar surface area (TPSA) is 75.3 Å². The molecule has 0 saturated heterocycles. The number of sulfone groups is 1. The minimum Gasteiger partial charge on any atom is -0.384 e. The highest BCUT2D eigenvalue weighted by Gasteiger charge is 2.47. The molecule has 0 fully saturated rings. The average Bonchev–Trinajstić information content (AvgIpc) is 2.55.